The van der Waals surface area contributed by atoms with Crippen LogP contribution in [0.25, 0.3) is 0 Å². The molecule has 0 radical (unpaired) electrons. The van der Waals surface area contributed by atoms with Crippen LogP contribution in [0.1, 0.15) is 10.4 Å². The van der Waals surface area contributed by atoms with Gasteiger partial charge in [0.15, 0.2) is 0 Å². The summed E-state index contributed by atoms with van der Waals surface area (Å²) in [6, 6.07) is 4.42. The van der Waals surface area contributed by atoms with Crippen LogP contribution >= 0.6 is 0 Å². The van der Waals surface area contributed by atoms with Gasteiger partial charge in [-0.2, -0.15) is 13.2 Å². The first-order valence-corrected chi connectivity index (χ1v) is 4.68. The molecule has 0 fully saturated rings. The van der Waals surface area contributed by atoms with Gasteiger partial charge in [0.1, 0.15) is 0 Å². The third kappa shape index (κ3) is 3.94. The predicted octanol–water partition coefficient (Wildman–Crippen LogP) is 1.37. The van der Waals surface area contributed by atoms with Crippen molar-refractivity contribution >= 4 is 17.4 Å². The van der Waals surface area contributed by atoms with Gasteiger partial charge >= 0.3 is 6.18 Å². The molecular formula is C9H7F3N4O3. The molecule has 1 amide bonds. The number of nitrogens with one attached hydrogen (secondary N) is 3. The number of non-ortho nitro benzene ring substituents is 1. The van der Waals surface area contributed by atoms with E-state index < -0.39 is 22.8 Å². The zero-order chi connectivity index (χ0) is 14.6. The van der Waals surface area contributed by atoms with Gasteiger partial charge in [-0.3, -0.25) is 31.2 Å². The lowest BCUT2D eigenvalue weighted by molar-refractivity contribution is -0.384. The molecule has 0 saturated heterocycles. The van der Waals surface area contributed by atoms with Gasteiger partial charge in [-0.05, 0) is 6.07 Å². The number of benzene rings is 1. The standard InChI is InChI=1S/C9H7F3N4O3/c10-9(11,12)8(13)15-14-7(17)5-2-1-3-6(4-5)16(18)19/h1-4H,(H2,13,15)(H,14,17). The number of hydrazine groups is 1. The summed E-state index contributed by atoms with van der Waals surface area (Å²) >= 11 is 0. The van der Waals surface area contributed by atoms with Crippen molar-refractivity contribution in [3.8, 4) is 0 Å². The molecule has 0 saturated carbocycles. The van der Waals surface area contributed by atoms with Crippen LogP contribution in [-0.2, 0) is 0 Å². The smallest absolute Gasteiger partial charge is 0.279 e. The van der Waals surface area contributed by atoms with Crippen molar-refractivity contribution in [2.24, 2.45) is 0 Å². The van der Waals surface area contributed by atoms with Crippen LogP contribution in [0.5, 0.6) is 0 Å². The number of halogens is 3. The van der Waals surface area contributed by atoms with E-state index >= 15 is 0 Å². The molecule has 7 nitrogen and oxygen atoms in total. The van der Waals surface area contributed by atoms with Crippen molar-refractivity contribution in [3.05, 3.63) is 39.9 Å². The van der Waals surface area contributed by atoms with Gasteiger partial charge in [0, 0.05) is 17.7 Å². The molecule has 0 aliphatic heterocycles. The predicted molar refractivity (Wildman–Crippen MR) is 57.5 cm³/mol. The van der Waals surface area contributed by atoms with Gasteiger partial charge in [0.2, 0.25) is 5.84 Å². The number of nitrogens with zero attached hydrogens (tertiary/aromatic N) is 1. The Balaban J connectivity index is 2.72. The number of nitro benzene ring substituents is 1. The van der Waals surface area contributed by atoms with Gasteiger partial charge in [0.05, 0.1) is 4.92 Å². The van der Waals surface area contributed by atoms with E-state index in [0.29, 0.717) is 0 Å². The topological polar surface area (TPSA) is 108 Å². The third-order valence-electron chi connectivity index (χ3n) is 1.90. The lowest BCUT2D eigenvalue weighted by Crippen LogP contribution is -2.47. The maximum absolute atomic E-state index is 11.9. The molecule has 1 aromatic carbocycles. The number of nitro groups is 1. The minimum atomic E-state index is -4.92. The van der Waals surface area contributed by atoms with E-state index in [9.17, 15) is 28.1 Å². The van der Waals surface area contributed by atoms with Crippen LogP contribution in [0.15, 0.2) is 24.3 Å². The van der Waals surface area contributed by atoms with E-state index in [1.54, 1.807) is 5.43 Å². The summed E-state index contributed by atoms with van der Waals surface area (Å²) in [5, 5.41) is 17.0. The first-order chi connectivity index (χ1) is 8.71. The van der Waals surface area contributed by atoms with Crippen molar-refractivity contribution in [2.45, 2.75) is 6.18 Å². The van der Waals surface area contributed by atoms with Crippen LogP contribution in [0.3, 0.4) is 0 Å². The number of hydrogen-bond acceptors (Lipinski definition) is 4. The number of carbonyl (C=O) groups excluding carboxylic acids is 1. The maximum atomic E-state index is 11.9. The van der Waals surface area contributed by atoms with Gasteiger partial charge in [-0.25, -0.2) is 0 Å². The fourth-order valence-corrected chi connectivity index (χ4v) is 1.02. The van der Waals surface area contributed by atoms with Crippen LogP contribution in [0.4, 0.5) is 18.9 Å². The third-order valence-corrected chi connectivity index (χ3v) is 1.90. The van der Waals surface area contributed by atoms with Crippen molar-refractivity contribution in [2.75, 3.05) is 0 Å². The van der Waals surface area contributed by atoms with Gasteiger partial charge < -0.3 is 0 Å². The second kappa shape index (κ2) is 5.33. The van der Waals surface area contributed by atoms with Crippen LogP contribution in [0, 0.1) is 15.5 Å². The lowest BCUT2D eigenvalue weighted by atomic mass is 10.2. The molecule has 0 bridgehead atoms. The summed E-state index contributed by atoms with van der Waals surface area (Å²) in [6.45, 7) is 0. The zero-order valence-electron chi connectivity index (χ0n) is 9.12. The number of amidine groups is 1. The summed E-state index contributed by atoms with van der Waals surface area (Å²) in [5.74, 6) is -2.89. The molecule has 0 aliphatic rings. The molecule has 0 atom stereocenters. The molecule has 102 valence electrons. The Hall–Kier alpha value is -2.65. The SMILES string of the molecule is N=C(NNC(=O)c1cccc([N+](=O)[O-])c1)C(F)(F)F. The first kappa shape index (κ1) is 14.4. The van der Waals surface area contributed by atoms with Crippen molar-refractivity contribution < 1.29 is 22.9 Å². The van der Waals surface area contributed by atoms with Crippen LogP contribution in [-0.4, -0.2) is 22.8 Å². The Bertz CT molecular complexity index is 530. The van der Waals surface area contributed by atoms with E-state index in [4.69, 9.17) is 5.41 Å². The highest BCUT2D eigenvalue weighted by Gasteiger charge is 2.35. The van der Waals surface area contributed by atoms with Crippen molar-refractivity contribution in [3.63, 3.8) is 0 Å². The highest BCUT2D eigenvalue weighted by Crippen LogP contribution is 2.14. The number of hydrogen-bond donors (Lipinski definition) is 3. The van der Waals surface area contributed by atoms with E-state index in [2.05, 4.69) is 0 Å². The highest BCUT2D eigenvalue weighted by atomic mass is 19.4. The molecule has 1 aromatic rings. The molecule has 19 heavy (non-hydrogen) atoms. The normalized spacial score (nSPS) is 10.7. The Kier molecular flexibility index (Phi) is 4.04. The van der Waals surface area contributed by atoms with E-state index in [1.165, 1.54) is 17.6 Å². The molecule has 3 N–H and O–H groups in total. The summed E-state index contributed by atoms with van der Waals surface area (Å²) in [5.41, 5.74) is 2.39. The summed E-state index contributed by atoms with van der Waals surface area (Å²) < 4.78 is 35.8. The van der Waals surface area contributed by atoms with Crippen LogP contribution < -0.4 is 10.9 Å². The Morgan fingerprint density at radius 1 is 1.32 bits per heavy atom. The van der Waals surface area contributed by atoms with E-state index in [0.717, 1.165) is 12.1 Å². The fourth-order valence-electron chi connectivity index (χ4n) is 1.02. The van der Waals surface area contributed by atoms with Crippen molar-refractivity contribution in [1.82, 2.24) is 10.9 Å². The molecule has 0 heterocycles. The fraction of sp³-hybridized carbons (Fsp3) is 0.111. The summed E-state index contributed by atoms with van der Waals surface area (Å²) in [4.78, 5) is 21.1. The number of carbonyl (C=O) groups is 1. The quantitative estimate of drug-likeness (QED) is 0.328. The molecule has 1 rings (SSSR count). The van der Waals surface area contributed by atoms with Gasteiger partial charge in [0.25, 0.3) is 11.6 Å². The summed E-state index contributed by atoms with van der Waals surface area (Å²) in [6.07, 6.45) is -4.92. The number of amides is 1. The lowest BCUT2D eigenvalue weighted by Gasteiger charge is -2.11. The molecule has 10 heteroatoms. The van der Waals surface area contributed by atoms with Gasteiger partial charge in [-0.1, -0.05) is 6.07 Å². The molecule has 0 aromatic heterocycles. The molecule has 0 spiro atoms. The Morgan fingerprint density at radius 2 is 1.95 bits per heavy atom. The maximum Gasteiger partial charge on any atom is 0.450 e. The molecule has 0 aliphatic carbocycles. The number of rotatable bonds is 2. The minimum absolute atomic E-state index is 0.211. The summed E-state index contributed by atoms with van der Waals surface area (Å²) in [7, 11) is 0. The van der Waals surface area contributed by atoms with E-state index in [-0.39, 0.29) is 11.3 Å². The Labute approximate surface area is 104 Å². The minimum Gasteiger partial charge on any atom is -0.279 e. The second-order valence-electron chi connectivity index (χ2n) is 3.26. The van der Waals surface area contributed by atoms with E-state index in [1.807, 2.05) is 0 Å². The number of alkyl halides is 3. The highest BCUT2D eigenvalue weighted by molar-refractivity contribution is 5.96. The largest absolute Gasteiger partial charge is 0.450 e. The Morgan fingerprint density at radius 3 is 2.47 bits per heavy atom. The molecule has 0 unspecified atom stereocenters. The van der Waals surface area contributed by atoms with Crippen molar-refractivity contribution in [1.29, 1.82) is 5.41 Å². The first-order valence-electron chi connectivity index (χ1n) is 4.68. The monoisotopic (exact) mass is 276 g/mol. The zero-order valence-corrected chi connectivity index (χ0v) is 9.12. The molecular weight excluding hydrogens is 269 g/mol. The average Bonchev–Trinajstić information content (AvgIpc) is 2.34. The van der Waals surface area contributed by atoms with Crippen LogP contribution in [0.2, 0.25) is 0 Å². The van der Waals surface area contributed by atoms with Gasteiger partial charge in [-0.15, -0.1) is 0 Å². The average molecular weight is 276 g/mol. The second-order valence-corrected chi connectivity index (χ2v) is 3.26.